The Morgan fingerprint density at radius 2 is 1.57 bits per heavy atom. The summed E-state index contributed by atoms with van der Waals surface area (Å²) in [6.45, 7) is 2.23. The van der Waals surface area contributed by atoms with Gasteiger partial charge >= 0.3 is 0 Å². The molecular formula is C19H19NS. The molecule has 0 aliphatic carbocycles. The van der Waals surface area contributed by atoms with Crippen LogP contribution < -0.4 is 4.72 Å². The van der Waals surface area contributed by atoms with Crippen LogP contribution in [0.25, 0.3) is 10.8 Å². The van der Waals surface area contributed by atoms with Gasteiger partial charge in [0.05, 0.1) is 0 Å². The third kappa shape index (κ3) is 3.66. The second kappa shape index (κ2) is 6.79. The van der Waals surface area contributed by atoms with Crippen molar-refractivity contribution < 1.29 is 0 Å². The summed E-state index contributed by atoms with van der Waals surface area (Å²) < 4.78 is 3.56. The molecule has 21 heavy (non-hydrogen) atoms. The predicted molar refractivity (Wildman–Crippen MR) is 92.5 cm³/mol. The zero-order valence-corrected chi connectivity index (χ0v) is 12.9. The zero-order chi connectivity index (χ0) is 14.5. The lowest BCUT2D eigenvalue weighted by molar-refractivity contribution is 0.689. The molecule has 0 fully saturated rings. The lowest BCUT2D eigenvalue weighted by atomic mass is 10.1. The van der Waals surface area contributed by atoms with Crippen molar-refractivity contribution >= 4 is 22.7 Å². The van der Waals surface area contributed by atoms with Crippen LogP contribution in [-0.4, -0.2) is 6.04 Å². The van der Waals surface area contributed by atoms with Gasteiger partial charge in [-0.3, -0.25) is 4.72 Å². The second-order valence-corrected chi connectivity index (χ2v) is 6.17. The molecule has 1 atom stereocenters. The van der Waals surface area contributed by atoms with Crippen molar-refractivity contribution in [2.45, 2.75) is 24.3 Å². The van der Waals surface area contributed by atoms with Gasteiger partial charge in [-0.25, -0.2) is 0 Å². The molecule has 0 aromatic heterocycles. The minimum atomic E-state index is 0.427. The van der Waals surface area contributed by atoms with Gasteiger partial charge in [0.25, 0.3) is 0 Å². The highest BCUT2D eigenvalue weighted by Gasteiger charge is 2.05. The Bertz CT molecular complexity index is 704. The van der Waals surface area contributed by atoms with Crippen LogP contribution in [0, 0.1) is 0 Å². The first-order valence-electron chi connectivity index (χ1n) is 7.27. The molecule has 1 N–H and O–H groups in total. The molecule has 3 aromatic carbocycles. The van der Waals surface area contributed by atoms with Crippen LogP contribution in [0.15, 0.2) is 77.7 Å². The highest BCUT2D eigenvalue weighted by atomic mass is 32.2. The minimum Gasteiger partial charge on any atom is -0.257 e. The normalized spacial score (nSPS) is 12.4. The van der Waals surface area contributed by atoms with E-state index in [1.807, 2.05) is 0 Å². The molecule has 106 valence electrons. The number of hydrogen-bond donors (Lipinski definition) is 1. The fourth-order valence-electron chi connectivity index (χ4n) is 2.46. The van der Waals surface area contributed by atoms with Crippen molar-refractivity contribution in [3.05, 3.63) is 78.4 Å². The van der Waals surface area contributed by atoms with Gasteiger partial charge in [0, 0.05) is 10.9 Å². The largest absolute Gasteiger partial charge is 0.257 e. The van der Waals surface area contributed by atoms with E-state index >= 15 is 0 Å². The SMILES string of the molecule is CC(Cc1ccccc1)NSc1cccc2ccccc12. The molecule has 0 saturated heterocycles. The molecule has 0 aliphatic rings. The quantitative estimate of drug-likeness (QED) is 0.659. The summed E-state index contributed by atoms with van der Waals surface area (Å²) in [5, 5.41) is 2.60. The highest BCUT2D eigenvalue weighted by Crippen LogP contribution is 2.26. The Kier molecular flexibility index (Phi) is 4.59. The van der Waals surface area contributed by atoms with Crippen LogP contribution in [0.4, 0.5) is 0 Å². The molecule has 0 saturated carbocycles. The smallest absolute Gasteiger partial charge is 0.0306 e. The van der Waals surface area contributed by atoms with E-state index in [0.717, 1.165) is 6.42 Å². The van der Waals surface area contributed by atoms with Gasteiger partial charge in [-0.15, -0.1) is 0 Å². The van der Waals surface area contributed by atoms with E-state index in [-0.39, 0.29) is 0 Å². The average Bonchev–Trinajstić information content (AvgIpc) is 2.54. The molecule has 0 bridgehead atoms. The maximum atomic E-state index is 3.56. The van der Waals surface area contributed by atoms with E-state index in [2.05, 4.69) is 84.4 Å². The summed E-state index contributed by atoms with van der Waals surface area (Å²) >= 11 is 1.73. The molecule has 0 spiro atoms. The standard InChI is InChI=1S/C19H19NS/c1-15(14-16-8-3-2-4-9-16)20-21-19-13-7-11-17-10-5-6-12-18(17)19/h2-13,15,20H,14H2,1H3. The van der Waals surface area contributed by atoms with E-state index in [1.54, 1.807) is 11.9 Å². The highest BCUT2D eigenvalue weighted by molar-refractivity contribution is 7.97. The van der Waals surface area contributed by atoms with E-state index in [0.29, 0.717) is 6.04 Å². The van der Waals surface area contributed by atoms with E-state index < -0.39 is 0 Å². The van der Waals surface area contributed by atoms with Crippen molar-refractivity contribution in [1.29, 1.82) is 0 Å². The molecule has 0 amide bonds. The van der Waals surface area contributed by atoms with Crippen molar-refractivity contribution in [2.75, 3.05) is 0 Å². The Labute approximate surface area is 130 Å². The molecular weight excluding hydrogens is 274 g/mol. The fraction of sp³-hybridized carbons (Fsp3) is 0.158. The number of nitrogens with one attached hydrogen (secondary N) is 1. The van der Waals surface area contributed by atoms with Crippen molar-refractivity contribution in [2.24, 2.45) is 0 Å². The maximum Gasteiger partial charge on any atom is 0.0306 e. The maximum absolute atomic E-state index is 3.56. The first-order chi connectivity index (χ1) is 10.3. The van der Waals surface area contributed by atoms with E-state index in [9.17, 15) is 0 Å². The summed E-state index contributed by atoms with van der Waals surface area (Å²) in [4.78, 5) is 1.29. The molecule has 0 heterocycles. The summed E-state index contributed by atoms with van der Waals surface area (Å²) in [5.41, 5.74) is 1.37. The third-order valence-corrected chi connectivity index (χ3v) is 4.60. The topological polar surface area (TPSA) is 12.0 Å². The molecule has 1 nitrogen and oxygen atoms in total. The van der Waals surface area contributed by atoms with Crippen LogP contribution in [0.1, 0.15) is 12.5 Å². The van der Waals surface area contributed by atoms with Crippen LogP contribution >= 0.6 is 11.9 Å². The number of fused-ring (bicyclic) bond motifs is 1. The molecule has 3 rings (SSSR count). The number of benzene rings is 3. The Morgan fingerprint density at radius 1 is 0.857 bits per heavy atom. The average molecular weight is 293 g/mol. The molecule has 1 unspecified atom stereocenters. The van der Waals surface area contributed by atoms with Crippen LogP contribution in [-0.2, 0) is 6.42 Å². The first kappa shape index (κ1) is 14.2. The fourth-order valence-corrected chi connectivity index (χ4v) is 3.31. The van der Waals surface area contributed by atoms with E-state index in [1.165, 1.54) is 21.2 Å². The number of hydrogen-bond acceptors (Lipinski definition) is 2. The lowest BCUT2D eigenvalue weighted by Crippen LogP contribution is -2.21. The lowest BCUT2D eigenvalue weighted by Gasteiger charge is -2.14. The monoisotopic (exact) mass is 293 g/mol. The second-order valence-electron chi connectivity index (χ2n) is 5.29. The summed E-state index contributed by atoms with van der Waals surface area (Å²) in [7, 11) is 0. The van der Waals surface area contributed by atoms with E-state index in [4.69, 9.17) is 0 Å². The molecule has 3 aromatic rings. The number of rotatable bonds is 5. The van der Waals surface area contributed by atoms with Crippen molar-refractivity contribution in [1.82, 2.24) is 4.72 Å². The van der Waals surface area contributed by atoms with Crippen molar-refractivity contribution in [3.63, 3.8) is 0 Å². The minimum absolute atomic E-state index is 0.427. The summed E-state index contributed by atoms with van der Waals surface area (Å²) in [6.07, 6.45) is 1.04. The van der Waals surface area contributed by atoms with Crippen LogP contribution in [0.5, 0.6) is 0 Å². The van der Waals surface area contributed by atoms with Gasteiger partial charge in [0.1, 0.15) is 0 Å². The Balaban J connectivity index is 1.66. The van der Waals surface area contributed by atoms with Gasteiger partial charge in [-0.05, 0) is 47.7 Å². The van der Waals surface area contributed by atoms with Crippen LogP contribution in [0.3, 0.4) is 0 Å². The Morgan fingerprint density at radius 3 is 2.43 bits per heavy atom. The third-order valence-electron chi connectivity index (χ3n) is 3.50. The molecule has 2 heteroatoms. The van der Waals surface area contributed by atoms with Crippen LogP contribution in [0.2, 0.25) is 0 Å². The van der Waals surface area contributed by atoms with Gasteiger partial charge in [-0.2, -0.15) is 0 Å². The summed E-state index contributed by atoms with van der Waals surface area (Å²) in [6, 6.07) is 26.0. The van der Waals surface area contributed by atoms with Gasteiger partial charge in [-0.1, -0.05) is 66.7 Å². The predicted octanol–water partition coefficient (Wildman–Crippen LogP) is 5.07. The summed E-state index contributed by atoms with van der Waals surface area (Å²) in [5.74, 6) is 0. The molecule has 0 radical (unpaired) electrons. The zero-order valence-electron chi connectivity index (χ0n) is 12.1. The van der Waals surface area contributed by atoms with Gasteiger partial charge in [0.2, 0.25) is 0 Å². The first-order valence-corrected chi connectivity index (χ1v) is 8.08. The Hall–Kier alpha value is -1.77. The van der Waals surface area contributed by atoms with Crippen molar-refractivity contribution in [3.8, 4) is 0 Å². The molecule has 0 aliphatic heterocycles. The van der Waals surface area contributed by atoms with Gasteiger partial charge in [0.15, 0.2) is 0 Å². The van der Waals surface area contributed by atoms with Gasteiger partial charge < -0.3 is 0 Å².